The van der Waals surface area contributed by atoms with Crippen LogP contribution in [0, 0.1) is 13.8 Å². The number of hydrogen-bond donors (Lipinski definition) is 1. The molecule has 1 aromatic carbocycles. The summed E-state index contributed by atoms with van der Waals surface area (Å²) in [6.07, 6.45) is 4.14. The molecule has 0 radical (unpaired) electrons. The molecular formula is C15H17N3. The Hall–Kier alpha value is -1.90. The molecule has 1 N–H and O–H groups in total. The van der Waals surface area contributed by atoms with Crippen LogP contribution in [0.15, 0.2) is 30.6 Å². The molecule has 1 aromatic heterocycles. The van der Waals surface area contributed by atoms with Gasteiger partial charge in [-0.15, -0.1) is 0 Å². The summed E-state index contributed by atoms with van der Waals surface area (Å²) in [6.45, 7) is 4.23. The van der Waals surface area contributed by atoms with Crippen molar-refractivity contribution in [2.24, 2.45) is 0 Å². The number of rotatable bonds is 3. The van der Waals surface area contributed by atoms with E-state index in [1.54, 1.807) is 6.33 Å². The third-order valence-corrected chi connectivity index (χ3v) is 3.25. The Morgan fingerprint density at radius 1 is 1.11 bits per heavy atom. The SMILES string of the molecule is Cc1ccc(-c2cc(NC3CC3)ncn2)c(C)c1. The number of aryl methyl sites for hydroxylation is 2. The second-order valence-corrected chi connectivity index (χ2v) is 5.03. The lowest BCUT2D eigenvalue weighted by Gasteiger charge is -2.08. The smallest absolute Gasteiger partial charge is 0.130 e. The maximum absolute atomic E-state index is 4.38. The fourth-order valence-corrected chi connectivity index (χ4v) is 2.12. The van der Waals surface area contributed by atoms with E-state index in [0.717, 1.165) is 11.5 Å². The van der Waals surface area contributed by atoms with E-state index < -0.39 is 0 Å². The van der Waals surface area contributed by atoms with Gasteiger partial charge in [0.1, 0.15) is 12.1 Å². The van der Waals surface area contributed by atoms with Crippen LogP contribution < -0.4 is 5.32 Å². The molecule has 3 heteroatoms. The average molecular weight is 239 g/mol. The molecule has 0 unspecified atom stereocenters. The van der Waals surface area contributed by atoms with Crippen LogP contribution >= 0.6 is 0 Å². The highest BCUT2D eigenvalue weighted by Crippen LogP contribution is 2.27. The zero-order valence-corrected chi connectivity index (χ0v) is 10.8. The molecule has 1 heterocycles. The molecule has 0 saturated heterocycles. The van der Waals surface area contributed by atoms with Crippen LogP contribution in [0.1, 0.15) is 24.0 Å². The van der Waals surface area contributed by atoms with Crippen molar-refractivity contribution in [1.29, 1.82) is 0 Å². The van der Waals surface area contributed by atoms with Gasteiger partial charge in [-0.1, -0.05) is 23.8 Å². The number of hydrogen-bond acceptors (Lipinski definition) is 3. The summed E-state index contributed by atoms with van der Waals surface area (Å²) in [5.41, 5.74) is 4.71. The molecule has 3 rings (SSSR count). The Labute approximate surface area is 107 Å². The summed E-state index contributed by atoms with van der Waals surface area (Å²) >= 11 is 0. The van der Waals surface area contributed by atoms with Gasteiger partial charge in [0, 0.05) is 17.7 Å². The molecule has 0 spiro atoms. The molecule has 1 aliphatic carbocycles. The zero-order valence-electron chi connectivity index (χ0n) is 10.8. The lowest BCUT2D eigenvalue weighted by atomic mass is 10.0. The molecule has 0 aliphatic heterocycles. The highest BCUT2D eigenvalue weighted by atomic mass is 15.1. The predicted molar refractivity (Wildman–Crippen MR) is 73.6 cm³/mol. The number of nitrogens with one attached hydrogen (secondary N) is 1. The van der Waals surface area contributed by atoms with Gasteiger partial charge in [0.05, 0.1) is 5.69 Å². The second kappa shape index (κ2) is 4.41. The maximum atomic E-state index is 4.38. The number of aromatic nitrogens is 2. The minimum Gasteiger partial charge on any atom is -0.367 e. The average Bonchev–Trinajstić information content (AvgIpc) is 3.13. The first-order chi connectivity index (χ1) is 8.72. The number of anilines is 1. The van der Waals surface area contributed by atoms with E-state index in [0.29, 0.717) is 6.04 Å². The molecular weight excluding hydrogens is 222 g/mol. The third kappa shape index (κ3) is 2.35. The van der Waals surface area contributed by atoms with E-state index in [9.17, 15) is 0 Å². The van der Waals surface area contributed by atoms with E-state index in [4.69, 9.17) is 0 Å². The summed E-state index contributed by atoms with van der Waals surface area (Å²) in [4.78, 5) is 8.65. The Morgan fingerprint density at radius 3 is 2.67 bits per heavy atom. The van der Waals surface area contributed by atoms with E-state index in [-0.39, 0.29) is 0 Å². The summed E-state index contributed by atoms with van der Waals surface area (Å²) in [5, 5.41) is 3.41. The van der Waals surface area contributed by atoms with Gasteiger partial charge in [0.2, 0.25) is 0 Å². The lowest BCUT2D eigenvalue weighted by molar-refractivity contribution is 1.08. The van der Waals surface area contributed by atoms with Crippen LogP contribution in [0.5, 0.6) is 0 Å². The van der Waals surface area contributed by atoms with Crippen molar-refractivity contribution in [1.82, 2.24) is 9.97 Å². The molecule has 1 aliphatic rings. The molecule has 0 amide bonds. The summed E-state index contributed by atoms with van der Waals surface area (Å²) in [7, 11) is 0. The van der Waals surface area contributed by atoms with Gasteiger partial charge in [-0.3, -0.25) is 0 Å². The summed E-state index contributed by atoms with van der Waals surface area (Å²) in [5.74, 6) is 0.933. The van der Waals surface area contributed by atoms with Crippen LogP contribution in [0.25, 0.3) is 11.3 Å². The fraction of sp³-hybridized carbons (Fsp3) is 0.333. The first kappa shape index (κ1) is 11.2. The van der Waals surface area contributed by atoms with Gasteiger partial charge in [0.15, 0.2) is 0 Å². The molecule has 3 nitrogen and oxygen atoms in total. The minimum atomic E-state index is 0.617. The summed E-state index contributed by atoms with van der Waals surface area (Å²) in [6, 6.07) is 9.10. The minimum absolute atomic E-state index is 0.617. The number of nitrogens with zero attached hydrogens (tertiary/aromatic N) is 2. The van der Waals surface area contributed by atoms with Crippen LogP contribution in [0.2, 0.25) is 0 Å². The van der Waals surface area contributed by atoms with Crippen molar-refractivity contribution in [3.05, 3.63) is 41.7 Å². The van der Waals surface area contributed by atoms with Gasteiger partial charge in [0.25, 0.3) is 0 Å². The van der Waals surface area contributed by atoms with Crippen LogP contribution in [-0.2, 0) is 0 Å². The summed E-state index contributed by atoms with van der Waals surface area (Å²) < 4.78 is 0. The predicted octanol–water partition coefficient (Wildman–Crippen LogP) is 3.33. The zero-order chi connectivity index (χ0) is 12.5. The quantitative estimate of drug-likeness (QED) is 0.892. The Kier molecular flexibility index (Phi) is 2.74. The maximum Gasteiger partial charge on any atom is 0.130 e. The van der Waals surface area contributed by atoms with Crippen molar-refractivity contribution >= 4 is 5.82 Å². The molecule has 92 valence electrons. The van der Waals surface area contributed by atoms with E-state index >= 15 is 0 Å². The fourth-order valence-electron chi connectivity index (χ4n) is 2.12. The first-order valence-electron chi connectivity index (χ1n) is 6.38. The Balaban J connectivity index is 1.94. The van der Waals surface area contributed by atoms with Gasteiger partial charge < -0.3 is 5.32 Å². The molecule has 1 fully saturated rings. The molecule has 0 bridgehead atoms. The van der Waals surface area contributed by atoms with Gasteiger partial charge in [-0.25, -0.2) is 9.97 Å². The van der Waals surface area contributed by atoms with E-state index in [1.165, 1.54) is 29.5 Å². The molecule has 0 atom stereocenters. The van der Waals surface area contributed by atoms with E-state index in [2.05, 4.69) is 47.3 Å². The van der Waals surface area contributed by atoms with Gasteiger partial charge >= 0.3 is 0 Å². The third-order valence-electron chi connectivity index (χ3n) is 3.25. The van der Waals surface area contributed by atoms with Crippen LogP contribution in [-0.4, -0.2) is 16.0 Å². The standard InChI is InChI=1S/C15H17N3/c1-10-3-6-13(11(2)7-10)14-8-15(17-9-16-14)18-12-4-5-12/h3,6-9,12H,4-5H2,1-2H3,(H,16,17,18). The van der Waals surface area contributed by atoms with Crippen molar-refractivity contribution in [3.63, 3.8) is 0 Å². The monoisotopic (exact) mass is 239 g/mol. The number of benzene rings is 1. The molecule has 1 saturated carbocycles. The largest absolute Gasteiger partial charge is 0.367 e. The first-order valence-corrected chi connectivity index (χ1v) is 6.38. The van der Waals surface area contributed by atoms with Crippen LogP contribution in [0.4, 0.5) is 5.82 Å². The topological polar surface area (TPSA) is 37.8 Å². The van der Waals surface area contributed by atoms with Crippen molar-refractivity contribution in [2.45, 2.75) is 32.7 Å². The van der Waals surface area contributed by atoms with Crippen molar-refractivity contribution < 1.29 is 0 Å². The molecule has 2 aromatic rings. The van der Waals surface area contributed by atoms with Crippen LogP contribution in [0.3, 0.4) is 0 Å². The van der Waals surface area contributed by atoms with Crippen molar-refractivity contribution in [2.75, 3.05) is 5.32 Å². The second-order valence-electron chi connectivity index (χ2n) is 5.03. The highest BCUT2D eigenvalue weighted by molar-refractivity contribution is 5.66. The highest BCUT2D eigenvalue weighted by Gasteiger charge is 2.21. The Morgan fingerprint density at radius 2 is 1.94 bits per heavy atom. The lowest BCUT2D eigenvalue weighted by Crippen LogP contribution is -2.03. The van der Waals surface area contributed by atoms with Gasteiger partial charge in [-0.05, 0) is 32.3 Å². The molecule has 18 heavy (non-hydrogen) atoms. The van der Waals surface area contributed by atoms with E-state index in [1.807, 2.05) is 6.07 Å². The normalized spacial score (nSPS) is 14.6. The van der Waals surface area contributed by atoms with Crippen molar-refractivity contribution in [3.8, 4) is 11.3 Å². The van der Waals surface area contributed by atoms with Gasteiger partial charge in [-0.2, -0.15) is 0 Å². The Bertz CT molecular complexity index is 574.